The summed E-state index contributed by atoms with van der Waals surface area (Å²) in [5.41, 5.74) is 8.77. The maximum absolute atomic E-state index is 13.1. The normalized spacial score (nSPS) is 10.9. The Morgan fingerprint density at radius 1 is 1.14 bits per heavy atom. The summed E-state index contributed by atoms with van der Waals surface area (Å²) in [6.07, 6.45) is 0.0692. The molecule has 2 amide bonds. The molecule has 10 nitrogen and oxygen atoms in total. The Hall–Kier alpha value is -4.77. The van der Waals surface area contributed by atoms with Crippen molar-refractivity contribution in [2.45, 2.75) is 6.92 Å². The van der Waals surface area contributed by atoms with Gasteiger partial charge in [-0.15, -0.1) is 11.3 Å². The van der Waals surface area contributed by atoms with Crippen molar-refractivity contribution in [1.29, 1.82) is 0 Å². The van der Waals surface area contributed by atoms with Gasteiger partial charge in [0.15, 0.2) is 0 Å². The van der Waals surface area contributed by atoms with E-state index in [1.807, 2.05) is 25.1 Å². The van der Waals surface area contributed by atoms with Crippen LogP contribution in [0.1, 0.15) is 15.9 Å². The van der Waals surface area contributed by atoms with Gasteiger partial charge in [0.2, 0.25) is 0 Å². The summed E-state index contributed by atoms with van der Waals surface area (Å²) in [7, 11) is 1.52. The van der Waals surface area contributed by atoms with E-state index in [1.54, 1.807) is 35.7 Å². The highest BCUT2D eigenvalue weighted by atomic mass is 32.1. The van der Waals surface area contributed by atoms with Gasteiger partial charge < -0.3 is 20.9 Å². The quantitative estimate of drug-likeness (QED) is 0.298. The van der Waals surface area contributed by atoms with Crippen LogP contribution in [0.15, 0.2) is 60.2 Å². The molecule has 0 aliphatic heterocycles. The van der Waals surface area contributed by atoms with Gasteiger partial charge in [0.05, 0.1) is 34.1 Å². The molecule has 0 fully saturated rings. The lowest BCUT2D eigenvalue weighted by Gasteiger charge is -2.21. The molecule has 180 valence electrons. The van der Waals surface area contributed by atoms with Crippen LogP contribution in [0.4, 0.5) is 27.8 Å². The average molecular weight is 501 g/mol. The number of nitrogens with zero attached hydrogens (tertiary/aromatic N) is 4. The Bertz CT molecular complexity index is 1650. The number of nitrogens with two attached hydrogens (primary N) is 1. The second-order valence-electron chi connectivity index (χ2n) is 7.86. The number of aromatic nitrogens is 3. The second-order valence-corrected chi connectivity index (χ2v) is 8.74. The molecule has 5 aromatic rings. The van der Waals surface area contributed by atoms with Crippen molar-refractivity contribution in [3.63, 3.8) is 0 Å². The highest BCUT2D eigenvalue weighted by Gasteiger charge is 2.22. The summed E-state index contributed by atoms with van der Waals surface area (Å²) in [5.74, 6) is 0.563. The highest BCUT2D eigenvalue weighted by Crippen LogP contribution is 2.34. The Kier molecular flexibility index (Phi) is 5.82. The summed E-state index contributed by atoms with van der Waals surface area (Å²) >= 11 is 1.28. The largest absolute Gasteiger partial charge is 0.496 e. The fourth-order valence-corrected chi connectivity index (χ4v) is 4.76. The summed E-state index contributed by atoms with van der Waals surface area (Å²) in [6.45, 7) is 1.81. The first-order valence-corrected chi connectivity index (χ1v) is 11.6. The minimum absolute atomic E-state index is 0.162. The third-order valence-electron chi connectivity index (χ3n) is 5.66. The van der Waals surface area contributed by atoms with Crippen molar-refractivity contribution >= 4 is 67.5 Å². The van der Waals surface area contributed by atoms with Crippen LogP contribution in [0.5, 0.6) is 5.75 Å². The first-order chi connectivity index (χ1) is 17.4. The molecule has 0 aliphatic carbocycles. The molecule has 0 bridgehead atoms. The lowest BCUT2D eigenvalue weighted by molar-refractivity contribution is 0.102. The van der Waals surface area contributed by atoms with Crippen LogP contribution in [0, 0.1) is 6.92 Å². The predicted octanol–water partition coefficient (Wildman–Crippen LogP) is 5.21. The van der Waals surface area contributed by atoms with Gasteiger partial charge in [-0.05, 0) is 36.8 Å². The van der Waals surface area contributed by atoms with E-state index in [9.17, 15) is 14.7 Å². The Morgan fingerprint density at radius 3 is 2.72 bits per heavy atom. The molecule has 3 heterocycles. The number of benzene rings is 2. The molecule has 36 heavy (non-hydrogen) atoms. The molecule has 11 heteroatoms. The fourth-order valence-electron chi connectivity index (χ4n) is 3.86. The maximum Gasteiger partial charge on any atom is 0.417 e. The zero-order valence-corrected chi connectivity index (χ0v) is 20.0. The van der Waals surface area contributed by atoms with Crippen LogP contribution in [0.25, 0.3) is 21.1 Å². The Morgan fingerprint density at radius 2 is 1.94 bits per heavy atom. The van der Waals surface area contributed by atoms with E-state index in [2.05, 4.69) is 20.3 Å². The van der Waals surface area contributed by atoms with Gasteiger partial charge in [0.1, 0.15) is 23.7 Å². The maximum atomic E-state index is 13.1. The summed E-state index contributed by atoms with van der Waals surface area (Å²) in [6, 6.07) is 13.8. The molecule has 0 saturated carbocycles. The molecule has 0 unspecified atom stereocenters. The van der Waals surface area contributed by atoms with E-state index in [-0.39, 0.29) is 5.82 Å². The predicted molar refractivity (Wildman–Crippen MR) is 139 cm³/mol. The number of para-hydroxylation sites is 1. The lowest BCUT2D eigenvalue weighted by Crippen LogP contribution is -2.25. The van der Waals surface area contributed by atoms with E-state index in [4.69, 9.17) is 10.5 Å². The van der Waals surface area contributed by atoms with Crippen molar-refractivity contribution in [3.8, 4) is 5.75 Å². The van der Waals surface area contributed by atoms with Crippen LogP contribution < -0.4 is 20.7 Å². The molecule has 0 saturated heterocycles. The number of anilines is 4. The molecule has 2 aromatic carbocycles. The number of hydrogen-bond donors (Lipinski definition) is 3. The van der Waals surface area contributed by atoms with E-state index in [0.29, 0.717) is 44.2 Å². The number of thiophene rings is 1. The zero-order chi connectivity index (χ0) is 25.4. The molecule has 4 N–H and O–H groups in total. The first kappa shape index (κ1) is 23.0. The van der Waals surface area contributed by atoms with Crippen LogP contribution >= 0.6 is 11.3 Å². The van der Waals surface area contributed by atoms with Gasteiger partial charge in [-0.25, -0.2) is 24.6 Å². The number of aryl methyl sites for hydroxylation is 1. The summed E-state index contributed by atoms with van der Waals surface area (Å²) in [4.78, 5) is 39.2. The fraction of sp³-hybridized carbons (Fsp3) is 0.0800. The van der Waals surface area contributed by atoms with E-state index >= 15 is 0 Å². The number of nitrogens with one attached hydrogen (secondary N) is 1. The van der Waals surface area contributed by atoms with Crippen molar-refractivity contribution in [2.75, 3.05) is 23.1 Å². The standard InChI is InChI=1S/C25H20N6O4S/c1-13-7-8-14(9-18(13)30-24(32)16-11-36-22-21(16)27-12-28-23(22)26)31(25(33)34)20-10-19(35-2)15-5-3-4-6-17(15)29-20/h3-12H,1-2H3,(H,30,32)(H,33,34)(H2,26,27,28). The van der Waals surface area contributed by atoms with Crippen molar-refractivity contribution < 1.29 is 19.4 Å². The third-order valence-corrected chi connectivity index (χ3v) is 6.65. The number of amides is 2. The minimum Gasteiger partial charge on any atom is -0.496 e. The topological polar surface area (TPSA) is 144 Å². The van der Waals surface area contributed by atoms with Gasteiger partial charge in [0, 0.05) is 22.5 Å². The van der Waals surface area contributed by atoms with Crippen molar-refractivity contribution in [2.24, 2.45) is 0 Å². The lowest BCUT2D eigenvalue weighted by atomic mass is 10.1. The number of hydrogen-bond acceptors (Lipinski definition) is 8. The number of methoxy groups -OCH3 is 1. The van der Waals surface area contributed by atoms with E-state index < -0.39 is 12.0 Å². The third kappa shape index (κ3) is 4.01. The molecule has 0 radical (unpaired) electrons. The number of carboxylic acid groups (broad SMARTS) is 1. The molecule has 5 rings (SSSR count). The molecule has 0 spiro atoms. The van der Waals surface area contributed by atoms with Crippen LogP contribution in [0.3, 0.4) is 0 Å². The minimum atomic E-state index is -1.24. The van der Waals surface area contributed by atoms with Crippen molar-refractivity contribution in [1.82, 2.24) is 15.0 Å². The van der Waals surface area contributed by atoms with Gasteiger partial charge in [-0.3, -0.25) is 4.79 Å². The van der Waals surface area contributed by atoms with Gasteiger partial charge in [0.25, 0.3) is 5.91 Å². The molecular formula is C25H20N6O4S. The highest BCUT2D eigenvalue weighted by molar-refractivity contribution is 7.18. The summed E-state index contributed by atoms with van der Waals surface area (Å²) in [5, 5.41) is 15.4. The number of pyridine rings is 1. The smallest absolute Gasteiger partial charge is 0.417 e. The molecule has 0 aliphatic rings. The monoisotopic (exact) mass is 500 g/mol. The van der Waals surface area contributed by atoms with Crippen molar-refractivity contribution in [3.05, 3.63) is 71.4 Å². The number of carbonyl (C=O) groups excluding carboxylic acids is 1. The number of ether oxygens (including phenoxy) is 1. The van der Waals surface area contributed by atoms with Gasteiger partial charge in [-0.2, -0.15) is 0 Å². The van der Waals surface area contributed by atoms with Gasteiger partial charge in [-0.1, -0.05) is 18.2 Å². The summed E-state index contributed by atoms with van der Waals surface area (Å²) < 4.78 is 6.11. The Balaban J connectivity index is 1.53. The van der Waals surface area contributed by atoms with Crippen LogP contribution in [-0.2, 0) is 0 Å². The number of fused-ring (bicyclic) bond motifs is 2. The Labute approximate surface area is 209 Å². The van der Waals surface area contributed by atoms with Gasteiger partial charge >= 0.3 is 6.09 Å². The molecule has 0 atom stereocenters. The first-order valence-electron chi connectivity index (χ1n) is 10.7. The number of rotatable bonds is 5. The van der Waals surface area contributed by atoms with E-state index in [0.717, 1.165) is 15.8 Å². The molecule has 3 aromatic heterocycles. The number of carbonyl (C=O) groups is 2. The zero-order valence-electron chi connectivity index (χ0n) is 19.2. The SMILES string of the molecule is COc1cc(N(C(=O)O)c2ccc(C)c(NC(=O)c3csc4c(N)ncnc34)c2)nc2ccccc12. The van der Waals surface area contributed by atoms with Crippen LogP contribution in [0.2, 0.25) is 0 Å². The number of nitrogen functional groups attached to an aromatic ring is 1. The second kappa shape index (κ2) is 9.12. The molecular weight excluding hydrogens is 480 g/mol. The van der Waals surface area contributed by atoms with Crippen LogP contribution in [-0.4, -0.2) is 39.2 Å². The van der Waals surface area contributed by atoms with E-state index in [1.165, 1.54) is 24.8 Å². The average Bonchev–Trinajstić information content (AvgIpc) is 3.31.